The summed E-state index contributed by atoms with van der Waals surface area (Å²) in [6, 6.07) is 21.8. The van der Waals surface area contributed by atoms with E-state index in [9.17, 15) is 23.1 Å². The molecule has 3 aromatic carbocycles. The quantitative estimate of drug-likeness (QED) is 0.196. The molecule has 232 valence electrons. The first kappa shape index (κ1) is 31.4. The SMILES string of the molecule is CN(C)S(=O)(=O)c1cccc(C(O)=C2C(=O)C(=O)N(CCCN3CCOCC3)C2c2ccc(OCc3ccccc3)cc2)c1. The van der Waals surface area contributed by atoms with Gasteiger partial charge in [0.15, 0.2) is 0 Å². The summed E-state index contributed by atoms with van der Waals surface area (Å²) >= 11 is 0. The normalized spacial score (nSPS) is 19.1. The second kappa shape index (κ2) is 13.7. The van der Waals surface area contributed by atoms with Crippen molar-refractivity contribution >= 4 is 27.5 Å². The molecular weight excluding hydrogens is 582 g/mol. The average molecular weight is 620 g/mol. The highest BCUT2D eigenvalue weighted by molar-refractivity contribution is 7.89. The van der Waals surface area contributed by atoms with Gasteiger partial charge >= 0.3 is 0 Å². The third-order valence-electron chi connectivity index (χ3n) is 7.85. The molecule has 0 saturated carbocycles. The molecule has 2 fully saturated rings. The second-order valence-electron chi connectivity index (χ2n) is 11.0. The summed E-state index contributed by atoms with van der Waals surface area (Å²) in [5, 5.41) is 11.5. The van der Waals surface area contributed by atoms with Crippen molar-refractivity contribution in [2.45, 2.75) is 24.0 Å². The second-order valence-corrected chi connectivity index (χ2v) is 13.1. The Bertz CT molecular complexity index is 1620. The highest BCUT2D eigenvalue weighted by Gasteiger charge is 2.46. The van der Waals surface area contributed by atoms with Crippen LogP contribution in [0.5, 0.6) is 5.75 Å². The highest BCUT2D eigenvalue weighted by atomic mass is 32.2. The Morgan fingerprint density at radius 1 is 0.955 bits per heavy atom. The maximum absolute atomic E-state index is 13.5. The zero-order valence-electron chi connectivity index (χ0n) is 24.9. The first-order chi connectivity index (χ1) is 21.2. The Morgan fingerprint density at radius 2 is 1.66 bits per heavy atom. The molecule has 2 heterocycles. The molecule has 1 unspecified atom stereocenters. The van der Waals surface area contributed by atoms with Crippen LogP contribution in [0, 0.1) is 0 Å². The minimum Gasteiger partial charge on any atom is -0.507 e. The monoisotopic (exact) mass is 619 g/mol. The Labute approximate surface area is 258 Å². The van der Waals surface area contributed by atoms with Crippen LogP contribution in [-0.2, 0) is 31.0 Å². The fourth-order valence-corrected chi connectivity index (χ4v) is 6.35. The third-order valence-corrected chi connectivity index (χ3v) is 9.66. The van der Waals surface area contributed by atoms with E-state index in [2.05, 4.69) is 4.90 Å². The maximum atomic E-state index is 13.5. The number of Topliss-reactive ketones (excluding diaryl/α,β-unsaturated/α-hetero) is 1. The number of hydrogen-bond acceptors (Lipinski definition) is 8. The lowest BCUT2D eigenvalue weighted by atomic mass is 9.95. The van der Waals surface area contributed by atoms with Crippen molar-refractivity contribution in [3.8, 4) is 5.75 Å². The molecule has 44 heavy (non-hydrogen) atoms. The molecule has 10 nitrogen and oxygen atoms in total. The fraction of sp³-hybridized carbons (Fsp3) is 0.333. The lowest BCUT2D eigenvalue weighted by Gasteiger charge is -2.29. The van der Waals surface area contributed by atoms with Gasteiger partial charge in [-0.05, 0) is 41.8 Å². The number of morpholine rings is 1. The van der Waals surface area contributed by atoms with Gasteiger partial charge in [-0.15, -0.1) is 0 Å². The first-order valence-corrected chi connectivity index (χ1v) is 16.0. The summed E-state index contributed by atoms with van der Waals surface area (Å²) in [5.41, 5.74) is 1.69. The van der Waals surface area contributed by atoms with Crippen molar-refractivity contribution < 1.29 is 32.6 Å². The van der Waals surface area contributed by atoms with Gasteiger partial charge in [0.25, 0.3) is 11.7 Å². The van der Waals surface area contributed by atoms with Crippen LogP contribution >= 0.6 is 0 Å². The Hall–Kier alpha value is -4.03. The van der Waals surface area contributed by atoms with E-state index in [4.69, 9.17) is 9.47 Å². The molecule has 11 heteroatoms. The van der Waals surface area contributed by atoms with Crippen LogP contribution in [0.25, 0.3) is 5.76 Å². The molecule has 0 spiro atoms. The molecule has 0 radical (unpaired) electrons. The highest BCUT2D eigenvalue weighted by Crippen LogP contribution is 2.40. The van der Waals surface area contributed by atoms with E-state index < -0.39 is 33.5 Å². The number of rotatable bonds is 11. The molecule has 5 rings (SSSR count). The molecule has 2 aliphatic heterocycles. The van der Waals surface area contributed by atoms with Gasteiger partial charge in [-0.25, -0.2) is 12.7 Å². The summed E-state index contributed by atoms with van der Waals surface area (Å²) in [4.78, 5) is 30.6. The van der Waals surface area contributed by atoms with Crippen LogP contribution < -0.4 is 4.74 Å². The van der Waals surface area contributed by atoms with Crippen molar-refractivity contribution in [1.29, 1.82) is 0 Å². The number of hydrogen-bond donors (Lipinski definition) is 1. The van der Waals surface area contributed by atoms with Crippen LogP contribution in [0.2, 0.25) is 0 Å². The number of aliphatic hydroxyl groups excluding tert-OH is 1. The van der Waals surface area contributed by atoms with Crippen molar-refractivity contribution in [2.24, 2.45) is 0 Å². The minimum absolute atomic E-state index is 0.0391. The van der Waals surface area contributed by atoms with Gasteiger partial charge < -0.3 is 19.5 Å². The number of benzene rings is 3. The van der Waals surface area contributed by atoms with E-state index in [1.807, 2.05) is 30.3 Å². The van der Waals surface area contributed by atoms with Gasteiger partial charge in [-0.3, -0.25) is 14.5 Å². The summed E-state index contributed by atoms with van der Waals surface area (Å²) in [6.45, 7) is 4.34. The Morgan fingerprint density at radius 3 is 2.34 bits per heavy atom. The van der Waals surface area contributed by atoms with E-state index in [1.54, 1.807) is 24.3 Å². The van der Waals surface area contributed by atoms with Gasteiger partial charge in [0.05, 0.1) is 29.7 Å². The smallest absolute Gasteiger partial charge is 0.295 e. The maximum Gasteiger partial charge on any atom is 0.295 e. The zero-order chi connectivity index (χ0) is 31.3. The van der Waals surface area contributed by atoms with Gasteiger partial charge in [-0.1, -0.05) is 54.6 Å². The van der Waals surface area contributed by atoms with E-state index in [0.717, 1.165) is 29.5 Å². The Balaban J connectivity index is 1.47. The lowest BCUT2D eigenvalue weighted by Crippen LogP contribution is -2.38. The largest absolute Gasteiger partial charge is 0.507 e. The van der Waals surface area contributed by atoms with Crippen molar-refractivity contribution in [3.05, 3.63) is 101 Å². The number of ketones is 1. The van der Waals surface area contributed by atoms with Crippen LogP contribution in [-0.4, -0.2) is 92.8 Å². The molecule has 0 bridgehead atoms. The number of aliphatic hydroxyl groups is 1. The van der Waals surface area contributed by atoms with Gasteiger partial charge in [0.2, 0.25) is 10.0 Å². The summed E-state index contributed by atoms with van der Waals surface area (Å²) in [7, 11) is -0.972. The predicted octanol–water partition coefficient (Wildman–Crippen LogP) is 3.66. The number of likely N-dealkylation sites (tertiary alicyclic amines) is 1. The molecule has 1 atom stereocenters. The van der Waals surface area contributed by atoms with Gasteiger partial charge in [0.1, 0.15) is 18.1 Å². The van der Waals surface area contributed by atoms with Crippen LogP contribution in [0.4, 0.5) is 0 Å². The van der Waals surface area contributed by atoms with Crippen LogP contribution in [0.15, 0.2) is 89.3 Å². The molecule has 2 saturated heterocycles. The molecule has 0 aromatic heterocycles. The van der Waals surface area contributed by atoms with Crippen molar-refractivity contribution in [2.75, 3.05) is 53.5 Å². The third kappa shape index (κ3) is 6.86. The van der Waals surface area contributed by atoms with Crippen molar-refractivity contribution in [1.82, 2.24) is 14.1 Å². The standard InChI is InChI=1S/C33H37N3O7S/c1-34(2)44(40,41)28-11-6-10-26(22-28)31(37)29-30(25-12-14-27(15-13-25)43-23-24-8-4-3-5-9-24)36(33(39)32(29)38)17-7-16-35-18-20-42-21-19-35/h3-6,8-15,22,30,37H,7,16-21,23H2,1-2H3. The number of ether oxygens (including phenoxy) is 2. The zero-order valence-corrected chi connectivity index (χ0v) is 25.7. The van der Waals surface area contributed by atoms with Gasteiger partial charge in [0, 0.05) is 45.8 Å². The van der Waals surface area contributed by atoms with Crippen LogP contribution in [0.3, 0.4) is 0 Å². The number of carbonyl (C=O) groups is 2. The molecule has 2 aliphatic rings. The minimum atomic E-state index is -3.80. The molecular formula is C33H37N3O7S. The molecule has 1 amide bonds. The van der Waals surface area contributed by atoms with Crippen LogP contribution in [0.1, 0.15) is 29.2 Å². The molecule has 0 aliphatic carbocycles. The topological polar surface area (TPSA) is 117 Å². The fourth-order valence-electron chi connectivity index (χ4n) is 5.40. The average Bonchev–Trinajstić information content (AvgIpc) is 3.29. The van der Waals surface area contributed by atoms with Crippen molar-refractivity contribution in [3.63, 3.8) is 0 Å². The summed E-state index contributed by atoms with van der Waals surface area (Å²) in [6.07, 6.45) is 0.623. The summed E-state index contributed by atoms with van der Waals surface area (Å²) in [5.74, 6) is -1.34. The number of amides is 1. The molecule has 1 N–H and O–H groups in total. The van der Waals surface area contributed by atoms with E-state index in [-0.39, 0.29) is 16.0 Å². The van der Waals surface area contributed by atoms with E-state index in [0.29, 0.717) is 44.1 Å². The van der Waals surface area contributed by atoms with E-state index >= 15 is 0 Å². The predicted molar refractivity (Wildman–Crippen MR) is 165 cm³/mol. The number of carbonyl (C=O) groups excluding carboxylic acids is 2. The molecule has 3 aromatic rings. The Kier molecular flexibility index (Phi) is 9.80. The van der Waals surface area contributed by atoms with Gasteiger partial charge in [-0.2, -0.15) is 0 Å². The summed E-state index contributed by atoms with van der Waals surface area (Å²) < 4.78 is 38.0. The lowest BCUT2D eigenvalue weighted by molar-refractivity contribution is -0.140. The number of sulfonamides is 1. The van der Waals surface area contributed by atoms with E-state index in [1.165, 1.54) is 43.3 Å². The number of nitrogens with zero attached hydrogens (tertiary/aromatic N) is 3. The first-order valence-electron chi connectivity index (χ1n) is 14.5.